The number of aliphatic hydroxyl groups is 3. The Morgan fingerprint density at radius 3 is 1.62 bits per heavy atom. The summed E-state index contributed by atoms with van der Waals surface area (Å²) in [6.45, 7) is 8.34. The van der Waals surface area contributed by atoms with E-state index in [0.717, 1.165) is 0 Å². The molecule has 0 aliphatic carbocycles. The zero-order valence-electron chi connectivity index (χ0n) is 12.7. The maximum atomic E-state index is 11.5. The van der Waals surface area contributed by atoms with Gasteiger partial charge in [-0.25, -0.2) is 0 Å². The molecule has 0 aromatic rings. The molecule has 0 saturated heterocycles. The van der Waals surface area contributed by atoms with E-state index in [0.29, 0.717) is 0 Å². The minimum atomic E-state index is -4.97. The Bertz CT molecular complexity index is 267. The second-order valence-corrected chi connectivity index (χ2v) is 3.97. The SMILES string of the molecule is CC(C)O.CC(C)O.CCO/C(O)=C/C(=O)C(F)(F)F.[Zr]. The van der Waals surface area contributed by atoms with Gasteiger partial charge in [-0.15, -0.1) is 0 Å². The number of ketones is 1. The predicted octanol–water partition coefficient (Wildman–Crippen LogP) is 2.33. The fourth-order valence-corrected chi connectivity index (χ4v) is 0.384. The van der Waals surface area contributed by atoms with E-state index < -0.39 is 17.9 Å². The summed E-state index contributed by atoms with van der Waals surface area (Å²) >= 11 is 0. The van der Waals surface area contributed by atoms with Crippen molar-refractivity contribution in [1.82, 2.24) is 0 Å². The Morgan fingerprint density at radius 1 is 1.14 bits per heavy atom. The van der Waals surface area contributed by atoms with Gasteiger partial charge in [0.05, 0.1) is 12.7 Å². The van der Waals surface area contributed by atoms with Crippen LogP contribution in [0.15, 0.2) is 12.0 Å². The summed E-state index contributed by atoms with van der Waals surface area (Å²) in [6, 6.07) is 0. The number of allylic oxidation sites excluding steroid dienone is 1. The summed E-state index contributed by atoms with van der Waals surface area (Å²) in [5.74, 6) is -3.17. The number of hydrogen-bond acceptors (Lipinski definition) is 5. The number of hydrogen-bond donors (Lipinski definition) is 3. The van der Waals surface area contributed by atoms with Crippen LogP contribution in [0.5, 0.6) is 0 Å². The molecule has 0 aromatic heterocycles. The van der Waals surface area contributed by atoms with Gasteiger partial charge in [0.2, 0.25) is 0 Å². The Balaban J connectivity index is -0.000000134. The van der Waals surface area contributed by atoms with E-state index in [1.807, 2.05) is 0 Å². The molecule has 126 valence electrons. The first kappa shape index (κ1) is 28.7. The maximum Gasteiger partial charge on any atom is 0.454 e. The van der Waals surface area contributed by atoms with E-state index >= 15 is 0 Å². The van der Waals surface area contributed by atoms with Gasteiger partial charge < -0.3 is 20.1 Å². The van der Waals surface area contributed by atoms with Crippen molar-refractivity contribution >= 4 is 5.78 Å². The summed E-state index contributed by atoms with van der Waals surface area (Å²) in [6.07, 6.45) is -5.31. The Kier molecular flexibility index (Phi) is 21.9. The molecule has 0 radical (unpaired) electrons. The van der Waals surface area contributed by atoms with Crippen molar-refractivity contribution in [2.45, 2.75) is 53.0 Å². The minimum Gasteiger partial charge on any atom is -0.481 e. The van der Waals surface area contributed by atoms with Crippen molar-refractivity contribution in [3.63, 3.8) is 0 Å². The summed E-state index contributed by atoms with van der Waals surface area (Å²) in [5, 5.41) is 24.6. The van der Waals surface area contributed by atoms with Gasteiger partial charge in [-0.05, 0) is 34.6 Å². The van der Waals surface area contributed by atoms with E-state index in [1.165, 1.54) is 6.92 Å². The van der Waals surface area contributed by atoms with Crippen LogP contribution in [-0.2, 0) is 35.7 Å². The zero-order chi connectivity index (χ0) is 16.9. The van der Waals surface area contributed by atoms with Gasteiger partial charge in [0.1, 0.15) is 0 Å². The molecule has 0 bridgehead atoms. The molecule has 21 heavy (non-hydrogen) atoms. The Morgan fingerprint density at radius 2 is 1.43 bits per heavy atom. The van der Waals surface area contributed by atoms with E-state index in [4.69, 9.17) is 15.3 Å². The van der Waals surface area contributed by atoms with Gasteiger partial charge in [-0.3, -0.25) is 4.79 Å². The molecule has 9 heteroatoms. The molecule has 0 fully saturated rings. The van der Waals surface area contributed by atoms with Crippen LogP contribution < -0.4 is 0 Å². The quantitative estimate of drug-likeness (QED) is 0.504. The molecule has 0 rings (SSSR count). The number of carbonyl (C=O) groups excluding carboxylic acids is 1. The molecule has 0 saturated carbocycles. The van der Waals surface area contributed by atoms with Gasteiger partial charge in [-0.1, -0.05) is 0 Å². The van der Waals surface area contributed by atoms with Crippen molar-refractivity contribution in [3.05, 3.63) is 12.0 Å². The summed E-state index contributed by atoms with van der Waals surface area (Å²) in [4.78, 5) is 10.1. The summed E-state index contributed by atoms with van der Waals surface area (Å²) in [5.41, 5.74) is 0. The first-order valence-electron chi connectivity index (χ1n) is 5.85. The molecule has 5 nitrogen and oxygen atoms in total. The predicted molar refractivity (Wildman–Crippen MR) is 68.1 cm³/mol. The van der Waals surface area contributed by atoms with Gasteiger partial charge in [-0.2, -0.15) is 13.2 Å². The second kappa shape index (κ2) is 16.0. The Labute approximate surface area is 141 Å². The van der Waals surface area contributed by atoms with Crippen molar-refractivity contribution in [1.29, 1.82) is 0 Å². The van der Waals surface area contributed by atoms with Gasteiger partial charge >= 0.3 is 6.18 Å². The normalized spacial score (nSPS) is 10.8. The maximum absolute atomic E-state index is 11.5. The van der Waals surface area contributed by atoms with Crippen molar-refractivity contribution in [2.75, 3.05) is 6.61 Å². The first-order chi connectivity index (χ1) is 8.84. The number of halogens is 3. The molecule has 3 N–H and O–H groups in total. The van der Waals surface area contributed by atoms with Crippen LogP contribution in [0.4, 0.5) is 13.2 Å². The van der Waals surface area contributed by atoms with Gasteiger partial charge in [0.25, 0.3) is 11.7 Å². The third kappa shape index (κ3) is 38.2. The number of rotatable bonds is 3. The molecular weight excluding hydrogens is 372 g/mol. The van der Waals surface area contributed by atoms with Crippen LogP contribution in [0.2, 0.25) is 0 Å². The Hall–Kier alpha value is -0.397. The molecule has 0 aromatic carbocycles. The number of carbonyl (C=O) groups is 1. The molecule has 0 aliphatic heterocycles. The van der Waals surface area contributed by atoms with Crippen LogP contribution in [0.25, 0.3) is 0 Å². The van der Waals surface area contributed by atoms with Crippen molar-refractivity contribution in [3.8, 4) is 0 Å². The fraction of sp³-hybridized carbons (Fsp3) is 0.750. The molecule has 0 aliphatic rings. The molecule has 0 atom stereocenters. The number of ether oxygens (including phenoxy) is 1. The average molecular weight is 396 g/mol. The van der Waals surface area contributed by atoms with Crippen LogP contribution in [0.3, 0.4) is 0 Å². The van der Waals surface area contributed by atoms with E-state index in [2.05, 4.69) is 4.74 Å². The van der Waals surface area contributed by atoms with E-state index in [-0.39, 0.29) is 51.1 Å². The number of alkyl halides is 3. The van der Waals surface area contributed by atoms with Crippen LogP contribution in [0, 0.1) is 0 Å². The third-order valence-electron chi connectivity index (χ3n) is 0.826. The van der Waals surface area contributed by atoms with Crippen LogP contribution in [-0.4, -0.2) is 46.1 Å². The average Bonchev–Trinajstić information content (AvgIpc) is 2.13. The summed E-state index contributed by atoms with van der Waals surface area (Å²) < 4.78 is 38.7. The van der Waals surface area contributed by atoms with Gasteiger partial charge in [0.15, 0.2) is 0 Å². The topological polar surface area (TPSA) is 87.0 Å². The van der Waals surface area contributed by atoms with Crippen molar-refractivity contribution in [2.24, 2.45) is 0 Å². The van der Waals surface area contributed by atoms with Crippen LogP contribution >= 0.6 is 0 Å². The van der Waals surface area contributed by atoms with Gasteiger partial charge in [0, 0.05) is 38.4 Å². The summed E-state index contributed by atoms with van der Waals surface area (Å²) in [7, 11) is 0. The third-order valence-corrected chi connectivity index (χ3v) is 0.826. The van der Waals surface area contributed by atoms with E-state index in [9.17, 15) is 18.0 Å². The fourth-order valence-electron chi connectivity index (χ4n) is 0.384. The smallest absolute Gasteiger partial charge is 0.454 e. The minimum absolute atomic E-state index is 0. The second-order valence-electron chi connectivity index (χ2n) is 3.97. The molecule has 0 heterocycles. The van der Waals surface area contributed by atoms with Crippen molar-refractivity contribution < 1.29 is 64.2 Å². The first-order valence-corrected chi connectivity index (χ1v) is 5.85. The number of aliphatic hydroxyl groups excluding tert-OH is 3. The van der Waals surface area contributed by atoms with Crippen LogP contribution in [0.1, 0.15) is 34.6 Å². The zero-order valence-corrected chi connectivity index (χ0v) is 15.2. The standard InChI is InChI=1S/C6H7F3O3.2C3H8O.Zr/c1-2-12-5(11)3-4(10)6(7,8)9;2*1-3(2)4;/h3,11H,2H2,1H3;2*3-4H,1-2H3;/b5-3+;;;. The largest absolute Gasteiger partial charge is 0.481 e. The molecule has 0 amide bonds. The van der Waals surface area contributed by atoms with E-state index in [1.54, 1.807) is 27.7 Å². The monoisotopic (exact) mass is 394 g/mol. The molecule has 0 unspecified atom stereocenters. The molecular formula is C12H23F3O5Zr. The molecule has 0 spiro atoms.